The minimum atomic E-state index is 0.242. The van der Waals surface area contributed by atoms with Crippen molar-refractivity contribution in [2.45, 2.75) is 31.1 Å². The maximum Gasteiger partial charge on any atom is 0.228 e. The van der Waals surface area contributed by atoms with Gasteiger partial charge in [0.2, 0.25) is 5.91 Å². The third kappa shape index (κ3) is 2.59. The number of β-lactam (4-membered cyclic amide) rings is 1. The van der Waals surface area contributed by atoms with E-state index in [9.17, 15) is 4.79 Å². The average molecular weight is 235 g/mol. The van der Waals surface area contributed by atoms with E-state index in [2.05, 4.69) is 19.1 Å². The van der Waals surface area contributed by atoms with Gasteiger partial charge in [-0.05, 0) is 36.4 Å². The summed E-state index contributed by atoms with van der Waals surface area (Å²) < 4.78 is 0. The third-order valence-corrected chi connectivity index (χ3v) is 3.86. The van der Waals surface area contributed by atoms with E-state index in [0.29, 0.717) is 6.42 Å². The fourth-order valence-electron chi connectivity index (χ4n) is 1.64. The van der Waals surface area contributed by atoms with Crippen LogP contribution in [0.15, 0.2) is 29.2 Å². The van der Waals surface area contributed by atoms with E-state index >= 15 is 0 Å². The molecule has 0 aromatic heterocycles. The van der Waals surface area contributed by atoms with Gasteiger partial charge in [-0.15, -0.1) is 11.8 Å². The van der Waals surface area contributed by atoms with Gasteiger partial charge in [0.15, 0.2) is 0 Å². The number of amides is 1. The summed E-state index contributed by atoms with van der Waals surface area (Å²) in [6, 6.07) is 8.32. The summed E-state index contributed by atoms with van der Waals surface area (Å²) in [6.45, 7) is 3.08. The summed E-state index contributed by atoms with van der Waals surface area (Å²) in [4.78, 5) is 14.4. The number of hydrogen-bond donors (Lipinski definition) is 0. The fourth-order valence-corrected chi connectivity index (χ4v) is 2.64. The van der Waals surface area contributed by atoms with Gasteiger partial charge in [-0.2, -0.15) is 0 Å². The predicted molar refractivity (Wildman–Crippen MR) is 69.0 cm³/mol. The molecule has 2 rings (SSSR count). The number of anilines is 1. The molecule has 2 nitrogen and oxygen atoms in total. The molecular weight excluding hydrogens is 218 g/mol. The van der Waals surface area contributed by atoms with Crippen LogP contribution < -0.4 is 4.90 Å². The van der Waals surface area contributed by atoms with Crippen molar-refractivity contribution in [3.8, 4) is 0 Å². The Labute approximate surface area is 101 Å². The van der Waals surface area contributed by atoms with Crippen molar-refractivity contribution in [3.63, 3.8) is 0 Å². The average Bonchev–Trinajstić information content (AvgIpc) is 2.30. The molecule has 1 aromatic rings. The minimum Gasteiger partial charge on any atom is -0.312 e. The molecule has 0 bridgehead atoms. The van der Waals surface area contributed by atoms with E-state index in [-0.39, 0.29) is 5.91 Å². The second kappa shape index (κ2) is 5.39. The summed E-state index contributed by atoms with van der Waals surface area (Å²) >= 11 is 1.89. The van der Waals surface area contributed by atoms with Crippen LogP contribution >= 0.6 is 11.8 Å². The van der Waals surface area contributed by atoms with E-state index in [1.165, 1.54) is 23.5 Å². The molecule has 0 unspecified atom stereocenters. The van der Waals surface area contributed by atoms with E-state index < -0.39 is 0 Å². The van der Waals surface area contributed by atoms with Crippen LogP contribution in [0.4, 0.5) is 5.69 Å². The Morgan fingerprint density at radius 2 is 2.06 bits per heavy atom. The number of benzene rings is 1. The van der Waals surface area contributed by atoms with Crippen LogP contribution in [-0.4, -0.2) is 18.2 Å². The molecule has 86 valence electrons. The van der Waals surface area contributed by atoms with E-state index in [4.69, 9.17) is 0 Å². The first-order valence-electron chi connectivity index (χ1n) is 5.84. The molecule has 0 spiro atoms. The SMILES string of the molecule is CCCCSc1ccc(N2CCC2=O)cc1. The number of nitrogens with zero attached hydrogens (tertiary/aromatic N) is 1. The molecule has 1 amide bonds. The molecular formula is C13H17NOS. The first-order chi connectivity index (χ1) is 7.81. The van der Waals surface area contributed by atoms with Gasteiger partial charge in [0, 0.05) is 23.5 Å². The minimum absolute atomic E-state index is 0.242. The van der Waals surface area contributed by atoms with Gasteiger partial charge < -0.3 is 4.90 Å². The third-order valence-electron chi connectivity index (χ3n) is 2.77. The highest BCUT2D eigenvalue weighted by atomic mass is 32.2. The standard InChI is InChI=1S/C13H17NOS/c1-2-3-10-16-12-6-4-11(5-7-12)14-9-8-13(14)15/h4-7H,2-3,8-10H2,1H3. The summed E-state index contributed by atoms with van der Waals surface area (Å²) in [5, 5.41) is 0. The molecule has 16 heavy (non-hydrogen) atoms. The van der Waals surface area contributed by atoms with Crippen molar-refractivity contribution >= 4 is 23.4 Å². The summed E-state index contributed by atoms with van der Waals surface area (Å²) in [5.41, 5.74) is 1.04. The zero-order chi connectivity index (χ0) is 11.4. The second-order valence-corrected chi connectivity index (χ2v) is 5.16. The number of carbonyl (C=O) groups is 1. The molecule has 1 saturated heterocycles. The van der Waals surface area contributed by atoms with Crippen LogP contribution in [-0.2, 0) is 4.79 Å². The zero-order valence-electron chi connectivity index (χ0n) is 9.61. The first-order valence-corrected chi connectivity index (χ1v) is 6.83. The molecule has 1 aliphatic heterocycles. The summed E-state index contributed by atoms with van der Waals surface area (Å²) in [7, 11) is 0. The van der Waals surface area contributed by atoms with Gasteiger partial charge in [0.1, 0.15) is 0 Å². The quantitative estimate of drug-likeness (QED) is 0.443. The van der Waals surface area contributed by atoms with E-state index in [1.807, 2.05) is 28.8 Å². The van der Waals surface area contributed by atoms with Gasteiger partial charge in [-0.25, -0.2) is 0 Å². The van der Waals surface area contributed by atoms with Crippen LogP contribution in [0.3, 0.4) is 0 Å². The molecule has 3 heteroatoms. The lowest BCUT2D eigenvalue weighted by atomic mass is 10.1. The Morgan fingerprint density at radius 3 is 2.56 bits per heavy atom. The normalized spacial score (nSPS) is 15.1. The topological polar surface area (TPSA) is 20.3 Å². The molecule has 1 fully saturated rings. The van der Waals surface area contributed by atoms with Gasteiger partial charge >= 0.3 is 0 Å². The predicted octanol–water partition coefficient (Wildman–Crippen LogP) is 3.32. The lowest BCUT2D eigenvalue weighted by molar-refractivity contribution is -0.122. The molecule has 1 aromatic carbocycles. The van der Waals surface area contributed by atoms with Gasteiger partial charge in [-0.3, -0.25) is 4.79 Å². The smallest absolute Gasteiger partial charge is 0.228 e. The van der Waals surface area contributed by atoms with Gasteiger partial charge in [-0.1, -0.05) is 13.3 Å². The molecule has 0 atom stereocenters. The summed E-state index contributed by atoms with van der Waals surface area (Å²) in [5.74, 6) is 1.42. The van der Waals surface area contributed by atoms with Crippen molar-refractivity contribution in [1.82, 2.24) is 0 Å². The number of rotatable bonds is 5. The molecule has 0 saturated carbocycles. The van der Waals surface area contributed by atoms with Crippen LogP contribution in [0.1, 0.15) is 26.2 Å². The van der Waals surface area contributed by atoms with Crippen LogP contribution in [0.5, 0.6) is 0 Å². The van der Waals surface area contributed by atoms with Crippen LogP contribution in [0.2, 0.25) is 0 Å². The van der Waals surface area contributed by atoms with E-state index in [1.54, 1.807) is 0 Å². The number of hydrogen-bond acceptors (Lipinski definition) is 2. The second-order valence-electron chi connectivity index (χ2n) is 3.99. The largest absolute Gasteiger partial charge is 0.312 e. The maximum absolute atomic E-state index is 11.2. The lowest BCUT2D eigenvalue weighted by Gasteiger charge is -2.30. The van der Waals surface area contributed by atoms with Crippen molar-refractivity contribution in [1.29, 1.82) is 0 Å². The highest BCUT2D eigenvalue weighted by Gasteiger charge is 2.24. The van der Waals surface area contributed by atoms with Gasteiger partial charge in [0.25, 0.3) is 0 Å². The molecule has 0 radical (unpaired) electrons. The Kier molecular flexibility index (Phi) is 3.88. The van der Waals surface area contributed by atoms with Crippen molar-refractivity contribution in [2.75, 3.05) is 17.2 Å². The Hall–Kier alpha value is -0.960. The Bertz CT molecular complexity index is 361. The fraction of sp³-hybridized carbons (Fsp3) is 0.462. The maximum atomic E-state index is 11.2. The molecule has 0 N–H and O–H groups in total. The number of unbranched alkanes of at least 4 members (excludes halogenated alkanes) is 1. The highest BCUT2D eigenvalue weighted by Crippen LogP contribution is 2.26. The van der Waals surface area contributed by atoms with Crippen molar-refractivity contribution in [2.24, 2.45) is 0 Å². The van der Waals surface area contributed by atoms with E-state index in [0.717, 1.165) is 12.2 Å². The zero-order valence-corrected chi connectivity index (χ0v) is 10.4. The Morgan fingerprint density at radius 1 is 1.31 bits per heavy atom. The summed E-state index contributed by atoms with van der Waals surface area (Å²) in [6.07, 6.45) is 3.21. The Balaban J connectivity index is 1.91. The van der Waals surface area contributed by atoms with Crippen molar-refractivity contribution < 1.29 is 4.79 Å². The lowest BCUT2D eigenvalue weighted by Crippen LogP contribution is -2.43. The highest BCUT2D eigenvalue weighted by molar-refractivity contribution is 7.99. The first kappa shape index (κ1) is 11.5. The molecule has 0 aliphatic carbocycles. The monoisotopic (exact) mass is 235 g/mol. The van der Waals surface area contributed by atoms with Gasteiger partial charge in [0.05, 0.1) is 0 Å². The van der Waals surface area contributed by atoms with Crippen LogP contribution in [0, 0.1) is 0 Å². The molecule has 1 heterocycles. The molecule has 1 aliphatic rings. The number of carbonyl (C=O) groups excluding carboxylic acids is 1. The number of thioether (sulfide) groups is 1. The van der Waals surface area contributed by atoms with Crippen molar-refractivity contribution in [3.05, 3.63) is 24.3 Å². The van der Waals surface area contributed by atoms with Crippen LogP contribution in [0.25, 0.3) is 0 Å².